The number of aromatic nitrogens is 2. The standard InChI is InChI=1S/C39H25N3O/c40-22-25-13-18-39-35(19-25)32-9-3-6-12-38(32)42(39)29-17-15-27-24-43-23-26-14-16-28(20-33(26)34(27)21-29)41-36-10-4-1-7-30(36)31-8-2-5-11-37(31)41/h1-21H,23-24H2. The third-order valence-corrected chi connectivity index (χ3v) is 8.89. The molecule has 0 bridgehead atoms. The number of hydrogen-bond acceptors (Lipinski definition) is 2. The minimum absolute atomic E-state index is 0.563. The van der Waals surface area contributed by atoms with Crippen molar-refractivity contribution < 1.29 is 4.74 Å². The predicted octanol–water partition coefficient (Wildman–Crippen LogP) is 9.45. The highest BCUT2D eigenvalue weighted by Crippen LogP contribution is 2.39. The Kier molecular flexibility index (Phi) is 5.13. The molecule has 0 spiro atoms. The van der Waals surface area contributed by atoms with Crippen LogP contribution in [0.1, 0.15) is 16.7 Å². The molecule has 1 aliphatic rings. The van der Waals surface area contributed by atoms with Crippen LogP contribution in [0.25, 0.3) is 66.1 Å². The van der Waals surface area contributed by atoms with E-state index in [4.69, 9.17) is 4.74 Å². The first-order valence-corrected chi connectivity index (χ1v) is 14.5. The normalized spacial score (nSPS) is 12.8. The summed E-state index contributed by atoms with van der Waals surface area (Å²) in [6.45, 7) is 1.13. The summed E-state index contributed by atoms with van der Waals surface area (Å²) in [5.41, 5.74) is 12.2. The van der Waals surface area contributed by atoms with E-state index in [0.717, 1.165) is 33.2 Å². The van der Waals surface area contributed by atoms with E-state index in [1.165, 1.54) is 44.1 Å². The van der Waals surface area contributed by atoms with E-state index in [9.17, 15) is 5.26 Å². The minimum atomic E-state index is 0.563. The molecule has 43 heavy (non-hydrogen) atoms. The highest BCUT2D eigenvalue weighted by atomic mass is 16.5. The molecule has 3 heterocycles. The van der Waals surface area contributed by atoms with Gasteiger partial charge in [0, 0.05) is 32.9 Å². The number of nitriles is 1. The van der Waals surface area contributed by atoms with Gasteiger partial charge in [-0.1, -0.05) is 66.7 Å². The van der Waals surface area contributed by atoms with Crippen molar-refractivity contribution >= 4 is 43.6 Å². The van der Waals surface area contributed by atoms with Gasteiger partial charge >= 0.3 is 0 Å². The van der Waals surface area contributed by atoms with E-state index in [0.29, 0.717) is 18.8 Å². The van der Waals surface area contributed by atoms with Crippen molar-refractivity contribution in [2.24, 2.45) is 0 Å². The largest absolute Gasteiger partial charge is 0.372 e. The highest BCUT2D eigenvalue weighted by Gasteiger charge is 2.20. The third-order valence-electron chi connectivity index (χ3n) is 8.89. The molecule has 1 aliphatic heterocycles. The molecule has 0 radical (unpaired) electrons. The van der Waals surface area contributed by atoms with Crippen LogP contribution in [0.4, 0.5) is 0 Å². The van der Waals surface area contributed by atoms with Crippen molar-refractivity contribution in [1.82, 2.24) is 9.13 Å². The van der Waals surface area contributed by atoms with E-state index >= 15 is 0 Å². The Morgan fingerprint density at radius 1 is 0.488 bits per heavy atom. The molecule has 0 fully saturated rings. The van der Waals surface area contributed by atoms with Gasteiger partial charge in [-0.2, -0.15) is 5.26 Å². The zero-order chi connectivity index (χ0) is 28.5. The zero-order valence-electron chi connectivity index (χ0n) is 23.3. The fourth-order valence-corrected chi connectivity index (χ4v) is 6.95. The fraction of sp³-hybridized carbons (Fsp3) is 0.0513. The lowest BCUT2D eigenvalue weighted by Gasteiger charge is -2.16. The van der Waals surface area contributed by atoms with Crippen LogP contribution in [0.3, 0.4) is 0 Å². The molecule has 2 aromatic heterocycles. The average molecular weight is 552 g/mol. The second kappa shape index (κ2) is 9.19. The number of hydrogen-bond donors (Lipinski definition) is 0. The predicted molar refractivity (Wildman–Crippen MR) is 174 cm³/mol. The second-order valence-corrected chi connectivity index (χ2v) is 11.2. The Labute approximate surface area is 248 Å². The van der Waals surface area contributed by atoms with Crippen molar-refractivity contribution in [2.45, 2.75) is 13.2 Å². The summed E-state index contributed by atoms with van der Waals surface area (Å²) in [5.74, 6) is 0. The van der Waals surface area contributed by atoms with Gasteiger partial charge in [0.25, 0.3) is 0 Å². The van der Waals surface area contributed by atoms with E-state index in [2.05, 4.69) is 130 Å². The van der Waals surface area contributed by atoms with Gasteiger partial charge in [0.1, 0.15) is 0 Å². The summed E-state index contributed by atoms with van der Waals surface area (Å²) >= 11 is 0. The van der Waals surface area contributed by atoms with Crippen LogP contribution < -0.4 is 0 Å². The summed E-state index contributed by atoms with van der Waals surface area (Å²) in [6.07, 6.45) is 0. The number of ether oxygens (including phenoxy) is 1. The molecule has 4 nitrogen and oxygen atoms in total. The second-order valence-electron chi connectivity index (χ2n) is 11.2. The summed E-state index contributed by atoms with van der Waals surface area (Å²) in [6, 6.07) is 47.5. The van der Waals surface area contributed by atoms with Gasteiger partial charge in [-0.05, 0) is 82.9 Å². The summed E-state index contributed by atoms with van der Waals surface area (Å²) in [5, 5.41) is 14.3. The Balaban J connectivity index is 1.29. The molecular weight excluding hydrogens is 526 g/mol. The Morgan fingerprint density at radius 2 is 0.953 bits per heavy atom. The lowest BCUT2D eigenvalue weighted by molar-refractivity contribution is 0.110. The topological polar surface area (TPSA) is 42.9 Å². The smallest absolute Gasteiger partial charge is 0.0991 e. The van der Waals surface area contributed by atoms with Crippen LogP contribution in [-0.4, -0.2) is 9.13 Å². The molecule has 202 valence electrons. The fourth-order valence-electron chi connectivity index (χ4n) is 6.95. The van der Waals surface area contributed by atoms with Gasteiger partial charge in [0.15, 0.2) is 0 Å². The van der Waals surface area contributed by atoms with Gasteiger partial charge in [-0.15, -0.1) is 0 Å². The maximum atomic E-state index is 9.58. The quantitative estimate of drug-likeness (QED) is 0.215. The van der Waals surface area contributed by atoms with E-state index in [1.54, 1.807) is 0 Å². The first-order chi connectivity index (χ1) is 21.3. The molecule has 0 saturated carbocycles. The Bertz CT molecular complexity index is 2400. The van der Waals surface area contributed by atoms with E-state index in [-0.39, 0.29) is 0 Å². The number of rotatable bonds is 2. The van der Waals surface area contributed by atoms with Crippen molar-refractivity contribution in [3.05, 3.63) is 144 Å². The molecule has 0 N–H and O–H groups in total. The van der Waals surface area contributed by atoms with Gasteiger partial charge < -0.3 is 13.9 Å². The van der Waals surface area contributed by atoms with Crippen molar-refractivity contribution in [1.29, 1.82) is 5.26 Å². The highest BCUT2D eigenvalue weighted by molar-refractivity contribution is 6.10. The van der Waals surface area contributed by atoms with Crippen molar-refractivity contribution in [3.63, 3.8) is 0 Å². The van der Waals surface area contributed by atoms with E-state index < -0.39 is 0 Å². The third kappa shape index (κ3) is 3.53. The molecule has 0 atom stereocenters. The molecule has 6 aromatic carbocycles. The first kappa shape index (κ1) is 24.0. The summed E-state index contributed by atoms with van der Waals surface area (Å²) in [7, 11) is 0. The van der Waals surface area contributed by atoms with Crippen LogP contribution in [0, 0.1) is 11.3 Å². The lowest BCUT2D eigenvalue weighted by atomic mass is 9.95. The monoisotopic (exact) mass is 551 g/mol. The summed E-state index contributed by atoms with van der Waals surface area (Å²) in [4.78, 5) is 0. The lowest BCUT2D eigenvalue weighted by Crippen LogP contribution is -1.99. The molecule has 0 aliphatic carbocycles. The number of para-hydroxylation sites is 3. The molecular formula is C39H25N3O. The van der Waals surface area contributed by atoms with Crippen molar-refractivity contribution in [2.75, 3.05) is 0 Å². The first-order valence-electron chi connectivity index (χ1n) is 14.5. The summed E-state index contributed by atoms with van der Waals surface area (Å²) < 4.78 is 10.9. The number of fused-ring (bicyclic) bond motifs is 9. The molecule has 8 aromatic rings. The van der Waals surface area contributed by atoms with Crippen LogP contribution in [0.2, 0.25) is 0 Å². The minimum Gasteiger partial charge on any atom is -0.372 e. The maximum absolute atomic E-state index is 9.58. The van der Waals surface area contributed by atoms with Gasteiger partial charge in [0.2, 0.25) is 0 Å². The maximum Gasteiger partial charge on any atom is 0.0991 e. The molecule has 4 heteroatoms. The number of nitrogens with zero attached hydrogens (tertiary/aromatic N) is 3. The average Bonchev–Trinajstić information content (AvgIpc) is 3.50. The SMILES string of the molecule is N#Cc1ccc2c(c1)c1ccccc1n2-c1ccc2c(c1)-c1cc(-n3c4ccccc4c4ccccc43)ccc1COC2. The number of benzene rings is 6. The zero-order valence-corrected chi connectivity index (χ0v) is 23.3. The molecule has 0 saturated heterocycles. The Hall–Kier alpha value is -5.63. The van der Waals surface area contributed by atoms with E-state index in [1.807, 2.05) is 12.1 Å². The van der Waals surface area contributed by atoms with Crippen LogP contribution >= 0.6 is 0 Å². The van der Waals surface area contributed by atoms with Crippen LogP contribution in [0.5, 0.6) is 0 Å². The molecule has 9 rings (SSSR count). The van der Waals surface area contributed by atoms with Crippen LogP contribution in [-0.2, 0) is 18.0 Å². The van der Waals surface area contributed by atoms with Crippen molar-refractivity contribution in [3.8, 4) is 28.6 Å². The molecule has 0 amide bonds. The van der Waals surface area contributed by atoms with Crippen LogP contribution in [0.15, 0.2) is 127 Å². The van der Waals surface area contributed by atoms with Gasteiger partial charge in [0.05, 0.1) is 46.9 Å². The molecule has 0 unspecified atom stereocenters. The van der Waals surface area contributed by atoms with Gasteiger partial charge in [-0.25, -0.2) is 0 Å². The Morgan fingerprint density at radius 3 is 1.47 bits per heavy atom. The van der Waals surface area contributed by atoms with Gasteiger partial charge in [-0.3, -0.25) is 0 Å².